The van der Waals surface area contributed by atoms with Crippen molar-refractivity contribution < 1.29 is 15.0 Å². The molecule has 1 amide bonds. The Bertz CT molecular complexity index is 806. The maximum atomic E-state index is 12.4. The first kappa shape index (κ1) is 51.6. The van der Waals surface area contributed by atoms with E-state index in [1.165, 1.54) is 186 Å². The Kier molecular flexibility index (Phi) is 43.8. The van der Waals surface area contributed by atoms with Crippen molar-refractivity contribution in [3.63, 3.8) is 0 Å². The topological polar surface area (TPSA) is 69.6 Å². The zero-order chi connectivity index (χ0) is 38.6. The fourth-order valence-electron chi connectivity index (χ4n) is 7.19. The molecule has 312 valence electrons. The van der Waals surface area contributed by atoms with Gasteiger partial charge >= 0.3 is 0 Å². The van der Waals surface area contributed by atoms with Crippen molar-refractivity contribution in [3.8, 4) is 0 Å². The third-order valence-corrected chi connectivity index (χ3v) is 10.8. The Hall–Kier alpha value is -1.39. The number of hydrogen-bond donors (Lipinski definition) is 3. The van der Waals surface area contributed by atoms with Crippen LogP contribution in [0.15, 0.2) is 36.5 Å². The van der Waals surface area contributed by atoms with Crippen molar-refractivity contribution in [3.05, 3.63) is 36.5 Å². The van der Waals surface area contributed by atoms with Crippen LogP contribution in [0.2, 0.25) is 0 Å². The molecule has 0 aromatic rings. The van der Waals surface area contributed by atoms with Gasteiger partial charge in [-0.25, -0.2) is 0 Å². The highest BCUT2D eigenvalue weighted by Crippen LogP contribution is 2.16. The van der Waals surface area contributed by atoms with E-state index >= 15 is 0 Å². The van der Waals surface area contributed by atoms with Crippen LogP contribution in [0.4, 0.5) is 0 Å². The minimum absolute atomic E-state index is 0.0819. The minimum atomic E-state index is -0.864. The standard InChI is InChI=1S/C49H93NO3/c1-3-5-7-9-11-13-15-17-19-20-21-22-23-24-25-26-27-28-29-30-31-32-34-36-38-40-42-44-48(52)47(46-51)50-49(53)45-43-41-39-37-35-33-18-16-14-12-10-8-6-4-2/h16,18,34,36,42,44,47-48,51-52H,3-15,17,19-33,35,37-41,43,45-46H2,1-2H3,(H,50,53)/b18-16-,36-34+,44-42+. The van der Waals surface area contributed by atoms with Crippen molar-refractivity contribution in [2.24, 2.45) is 0 Å². The van der Waals surface area contributed by atoms with Gasteiger partial charge in [0, 0.05) is 6.42 Å². The maximum absolute atomic E-state index is 12.4. The molecule has 0 heterocycles. The summed E-state index contributed by atoms with van der Waals surface area (Å²) in [6, 6.07) is -0.642. The summed E-state index contributed by atoms with van der Waals surface area (Å²) in [7, 11) is 0. The highest BCUT2D eigenvalue weighted by atomic mass is 16.3. The zero-order valence-electron chi connectivity index (χ0n) is 35.8. The van der Waals surface area contributed by atoms with Gasteiger partial charge in [0.25, 0.3) is 0 Å². The van der Waals surface area contributed by atoms with Crippen molar-refractivity contribution in [2.75, 3.05) is 6.61 Å². The van der Waals surface area contributed by atoms with Gasteiger partial charge in [-0.15, -0.1) is 0 Å². The Morgan fingerprint density at radius 3 is 1.09 bits per heavy atom. The van der Waals surface area contributed by atoms with Crippen LogP contribution in [0.25, 0.3) is 0 Å². The quantitative estimate of drug-likeness (QED) is 0.0430. The summed E-state index contributed by atoms with van der Waals surface area (Å²) in [5.74, 6) is -0.0819. The van der Waals surface area contributed by atoms with Crippen LogP contribution < -0.4 is 5.32 Å². The summed E-state index contributed by atoms with van der Waals surface area (Å²) < 4.78 is 0. The van der Waals surface area contributed by atoms with E-state index in [4.69, 9.17) is 0 Å². The first-order valence-corrected chi connectivity index (χ1v) is 23.7. The van der Waals surface area contributed by atoms with Crippen LogP contribution in [0, 0.1) is 0 Å². The number of nitrogens with one attached hydrogen (secondary N) is 1. The number of aliphatic hydroxyl groups excluding tert-OH is 2. The van der Waals surface area contributed by atoms with Gasteiger partial charge in [0.05, 0.1) is 18.8 Å². The Morgan fingerprint density at radius 1 is 0.434 bits per heavy atom. The van der Waals surface area contributed by atoms with Gasteiger partial charge in [-0.1, -0.05) is 224 Å². The number of rotatable bonds is 43. The number of hydrogen-bond acceptors (Lipinski definition) is 3. The second kappa shape index (κ2) is 45.0. The first-order chi connectivity index (χ1) is 26.2. The zero-order valence-corrected chi connectivity index (χ0v) is 35.8. The second-order valence-corrected chi connectivity index (χ2v) is 16.2. The predicted molar refractivity (Wildman–Crippen MR) is 235 cm³/mol. The third kappa shape index (κ3) is 41.6. The van der Waals surface area contributed by atoms with E-state index < -0.39 is 12.1 Å². The number of amides is 1. The van der Waals surface area contributed by atoms with E-state index in [1.807, 2.05) is 6.08 Å². The number of carbonyl (C=O) groups is 1. The molecule has 2 atom stereocenters. The summed E-state index contributed by atoms with van der Waals surface area (Å²) in [5, 5.41) is 23.0. The second-order valence-electron chi connectivity index (χ2n) is 16.2. The molecule has 0 fully saturated rings. The summed E-state index contributed by atoms with van der Waals surface area (Å²) >= 11 is 0. The summed E-state index contributed by atoms with van der Waals surface area (Å²) in [6.45, 7) is 4.29. The summed E-state index contributed by atoms with van der Waals surface area (Å²) in [6.07, 6.45) is 59.9. The van der Waals surface area contributed by atoms with Gasteiger partial charge in [0.15, 0.2) is 0 Å². The van der Waals surface area contributed by atoms with Crippen LogP contribution in [-0.4, -0.2) is 34.9 Å². The van der Waals surface area contributed by atoms with Crippen LogP contribution in [0.1, 0.15) is 251 Å². The van der Waals surface area contributed by atoms with E-state index in [-0.39, 0.29) is 12.5 Å². The van der Waals surface area contributed by atoms with Crippen molar-refractivity contribution >= 4 is 5.91 Å². The smallest absolute Gasteiger partial charge is 0.220 e. The molecule has 0 bridgehead atoms. The highest BCUT2D eigenvalue weighted by Gasteiger charge is 2.17. The first-order valence-electron chi connectivity index (χ1n) is 23.7. The summed E-state index contributed by atoms with van der Waals surface area (Å²) in [4.78, 5) is 12.4. The van der Waals surface area contributed by atoms with Crippen LogP contribution in [-0.2, 0) is 4.79 Å². The van der Waals surface area contributed by atoms with Crippen LogP contribution in [0.5, 0.6) is 0 Å². The molecule has 0 saturated carbocycles. The summed E-state index contributed by atoms with van der Waals surface area (Å²) in [5.41, 5.74) is 0. The molecule has 0 aliphatic carbocycles. The molecule has 2 unspecified atom stereocenters. The van der Waals surface area contributed by atoms with Gasteiger partial charge < -0.3 is 15.5 Å². The van der Waals surface area contributed by atoms with Gasteiger partial charge in [0.2, 0.25) is 5.91 Å². The fraction of sp³-hybridized carbons (Fsp3) is 0.857. The predicted octanol–water partition coefficient (Wildman–Crippen LogP) is 15.0. The molecule has 0 spiro atoms. The van der Waals surface area contributed by atoms with Crippen LogP contribution >= 0.6 is 0 Å². The van der Waals surface area contributed by atoms with Gasteiger partial charge in [-0.2, -0.15) is 0 Å². The van der Waals surface area contributed by atoms with Gasteiger partial charge in [0.1, 0.15) is 0 Å². The molecule has 0 aliphatic rings. The fourth-order valence-corrected chi connectivity index (χ4v) is 7.19. The molecule has 0 aliphatic heterocycles. The van der Waals surface area contributed by atoms with E-state index in [0.717, 1.165) is 44.9 Å². The average molecular weight is 744 g/mol. The normalized spacial score (nSPS) is 13.2. The van der Waals surface area contributed by atoms with Gasteiger partial charge in [-0.3, -0.25) is 4.79 Å². The highest BCUT2D eigenvalue weighted by molar-refractivity contribution is 5.76. The van der Waals surface area contributed by atoms with Crippen molar-refractivity contribution in [2.45, 2.75) is 264 Å². The van der Waals surface area contributed by atoms with Crippen molar-refractivity contribution in [1.82, 2.24) is 5.32 Å². The molecule has 0 radical (unpaired) electrons. The molecule has 53 heavy (non-hydrogen) atoms. The molecular weight excluding hydrogens is 651 g/mol. The van der Waals surface area contributed by atoms with E-state index in [1.54, 1.807) is 6.08 Å². The molecule has 0 saturated heterocycles. The lowest BCUT2D eigenvalue weighted by Gasteiger charge is -2.19. The Morgan fingerprint density at radius 2 is 0.736 bits per heavy atom. The number of unbranched alkanes of at least 4 members (excludes halogenated alkanes) is 32. The Labute approximate surface area is 331 Å². The number of carbonyl (C=O) groups excluding carboxylic acids is 1. The SMILES string of the molecule is CCCCCCC/C=C\CCCCCCCC(=O)NC(CO)C(O)/C=C/CC/C=C/CCCCCCCCCCCCCCCCCCCCCCC. The molecule has 3 N–H and O–H groups in total. The van der Waals surface area contributed by atoms with Crippen LogP contribution in [0.3, 0.4) is 0 Å². The Balaban J connectivity index is 3.55. The molecule has 0 rings (SSSR count). The van der Waals surface area contributed by atoms with E-state index in [0.29, 0.717) is 6.42 Å². The molecule has 0 aromatic carbocycles. The molecule has 4 heteroatoms. The molecule has 0 aromatic heterocycles. The maximum Gasteiger partial charge on any atom is 0.220 e. The third-order valence-electron chi connectivity index (χ3n) is 10.8. The lowest BCUT2D eigenvalue weighted by atomic mass is 10.0. The van der Waals surface area contributed by atoms with E-state index in [9.17, 15) is 15.0 Å². The molecule has 4 nitrogen and oxygen atoms in total. The number of aliphatic hydroxyl groups is 2. The van der Waals surface area contributed by atoms with Gasteiger partial charge in [-0.05, 0) is 57.8 Å². The number of allylic oxidation sites excluding steroid dienone is 5. The average Bonchev–Trinajstić information content (AvgIpc) is 3.16. The minimum Gasteiger partial charge on any atom is -0.394 e. The lowest BCUT2D eigenvalue weighted by Crippen LogP contribution is -2.45. The monoisotopic (exact) mass is 744 g/mol. The van der Waals surface area contributed by atoms with Crippen molar-refractivity contribution in [1.29, 1.82) is 0 Å². The molecular formula is C49H93NO3. The largest absolute Gasteiger partial charge is 0.394 e. The van der Waals surface area contributed by atoms with E-state index in [2.05, 4.69) is 43.5 Å². The lowest BCUT2D eigenvalue weighted by molar-refractivity contribution is -0.123.